The highest BCUT2D eigenvalue weighted by atomic mass is 35.5. The number of halogens is 2. The van der Waals surface area contributed by atoms with Crippen LogP contribution in [0.5, 0.6) is 5.75 Å². The molecule has 1 N–H and O–H groups in total. The quantitative estimate of drug-likeness (QED) is 0.880. The van der Waals surface area contributed by atoms with E-state index in [1.807, 2.05) is 0 Å². The van der Waals surface area contributed by atoms with E-state index in [0.29, 0.717) is 15.8 Å². The molecule has 1 aromatic carbocycles. The van der Waals surface area contributed by atoms with Crippen LogP contribution in [0.3, 0.4) is 0 Å². The van der Waals surface area contributed by atoms with Crippen molar-refractivity contribution in [3.63, 3.8) is 0 Å². The molecule has 0 bridgehead atoms. The molecule has 0 radical (unpaired) electrons. The zero-order chi connectivity index (χ0) is 11.5. The van der Waals surface area contributed by atoms with Gasteiger partial charge in [0.05, 0.1) is 11.1 Å². The summed E-state index contributed by atoms with van der Waals surface area (Å²) in [5.41, 5.74) is 0. The van der Waals surface area contributed by atoms with Crippen molar-refractivity contribution in [2.75, 3.05) is 0 Å². The van der Waals surface area contributed by atoms with Crippen LogP contribution in [0.4, 0.5) is 0 Å². The lowest BCUT2D eigenvalue weighted by molar-refractivity contribution is 0.00693. The minimum Gasteiger partial charge on any atom is -0.486 e. The van der Waals surface area contributed by atoms with Crippen LogP contribution in [0.25, 0.3) is 0 Å². The number of hydrogen-bond donors (Lipinski definition) is 1. The highest BCUT2D eigenvalue weighted by Gasteiger charge is 2.25. The summed E-state index contributed by atoms with van der Waals surface area (Å²) in [4.78, 5) is 0. The zero-order valence-electron chi connectivity index (χ0n) is 8.83. The molecule has 4 heteroatoms. The number of ether oxygens (including phenoxy) is 1. The van der Waals surface area contributed by atoms with E-state index in [2.05, 4.69) is 0 Å². The molecule has 0 heterocycles. The monoisotopic (exact) mass is 260 g/mol. The standard InChI is InChI=1S/C12H14Cl2O2/c13-8-4-3-7-11(12(8)14)16-10-6-2-1-5-9(10)15/h3-4,7,9-10,15H,1-2,5-6H2/t9-,10-/m0/s1. The normalized spacial score (nSPS) is 25.4. The highest BCUT2D eigenvalue weighted by Crippen LogP contribution is 2.34. The Morgan fingerprint density at radius 1 is 1.19 bits per heavy atom. The lowest BCUT2D eigenvalue weighted by Gasteiger charge is -2.28. The molecular formula is C12H14Cl2O2. The van der Waals surface area contributed by atoms with Crippen LogP contribution >= 0.6 is 23.2 Å². The molecule has 1 saturated carbocycles. The van der Waals surface area contributed by atoms with Gasteiger partial charge in [-0.05, 0) is 31.4 Å². The molecule has 1 fully saturated rings. The second kappa shape index (κ2) is 5.26. The summed E-state index contributed by atoms with van der Waals surface area (Å²) in [6.07, 6.45) is 3.24. The van der Waals surface area contributed by atoms with Crippen molar-refractivity contribution in [3.05, 3.63) is 28.2 Å². The van der Waals surface area contributed by atoms with E-state index in [-0.39, 0.29) is 6.10 Å². The third kappa shape index (κ3) is 2.62. The molecule has 2 rings (SSSR count). The Labute approximate surface area is 105 Å². The number of hydrogen-bond acceptors (Lipinski definition) is 2. The van der Waals surface area contributed by atoms with Crippen molar-refractivity contribution >= 4 is 23.2 Å². The molecular weight excluding hydrogens is 247 g/mol. The van der Waals surface area contributed by atoms with Crippen LogP contribution in [0.1, 0.15) is 25.7 Å². The summed E-state index contributed by atoms with van der Waals surface area (Å²) in [5.74, 6) is 0.556. The lowest BCUT2D eigenvalue weighted by Crippen LogP contribution is -2.34. The average Bonchev–Trinajstić information content (AvgIpc) is 2.28. The average molecular weight is 261 g/mol. The molecule has 0 amide bonds. The van der Waals surface area contributed by atoms with E-state index in [9.17, 15) is 5.11 Å². The highest BCUT2D eigenvalue weighted by molar-refractivity contribution is 6.42. The fourth-order valence-electron chi connectivity index (χ4n) is 1.95. The maximum Gasteiger partial charge on any atom is 0.139 e. The van der Waals surface area contributed by atoms with Gasteiger partial charge in [0.2, 0.25) is 0 Å². The fraction of sp³-hybridized carbons (Fsp3) is 0.500. The van der Waals surface area contributed by atoms with E-state index in [1.165, 1.54) is 0 Å². The van der Waals surface area contributed by atoms with Gasteiger partial charge in [0.1, 0.15) is 16.9 Å². The minimum absolute atomic E-state index is 0.162. The molecule has 0 saturated heterocycles. The van der Waals surface area contributed by atoms with Gasteiger partial charge in [0.15, 0.2) is 0 Å². The third-order valence-electron chi connectivity index (χ3n) is 2.86. The van der Waals surface area contributed by atoms with Crippen molar-refractivity contribution in [2.24, 2.45) is 0 Å². The summed E-state index contributed by atoms with van der Waals surface area (Å²) in [6, 6.07) is 5.28. The molecule has 1 aromatic rings. The smallest absolute Gasteiger partial charge is 0.139 e. The molecule has 1 aliphatic carbocycles. The van der Waals surface area contributed by atoms with Crippen molar-refractivity contribution in [2.45, 2.75) is 37.9 Å². The molecule has 16 heavy (non-hydrogen) atoms. The Bertz CT molecular complexity index is 368. The molecule has 2 nitrogen and oxygen atoms in total. The van der Waals surface area contributed by atoms with Gasteiger partial charge in [-0.3, -0.25) is 0 Å². The van der Waals surface area contributed by atoms with Crippen LogP contribution in [0.15, 0.2) is 18.2 Å². The Morgan fingerprint density at radius 3 is 2.69 bits per heavy atom. The first-order chi connectivity index (χ1) is 7.68. The molecule has 0 aliphatic heterocycles. The van der Waals surface area contributed by atoms with Gasteiger partial charge in [-0.25, -0.2) is 0 Å². The molecule has 2 atom stereocenters. The van der Waals surface area contributed by atoms with E-state index < -0.39 is 6.10 Å². The summed E-state index contributed by atoms with van der Waals surface area (Å²) in [7, 11) is 0. The van der Waals surface area contributed by atoms with Crippen LogP contribution in [0, 0.1) is 0 Å². The van der Waals surface area contributed by atoms with Crippen LogP contribution in [-0.2, 0) is 0 Å². The van der Waals surface area contributed by atoms with E-state index >= 15 is 0 Å². The van der Waals surface area contributed by atoms with Crippen molar-refractivity contribution in [3.8, 4) is 5.75 Å². The first kappa shape index (κ1) is 12.0. The fourth-order valence-corrected chi connectivity index (χ4v) is 2.29. The second-order valence-electron chi connectivity index (χ2n) is 4.06. The van der Waals surface area contributed by atoms with Gasteiger partial charge in [0.25, 0.3) is 0 Å². The van der Waals surface area contributed by atoms with Crippen molar-refractivity contribution in [1.82, 2.24) is 0 Å². The summed E-state index contributed by atoms with van der Waals surface area (Å²) >= 11 is 11.9. The summed E-state index contributed by atoms with van der Waals surface area (Å²) in [5, 5.41) is 10.7. The Morgan fingerprint density at radius 2 is 1.94 bits per heavy atom. The number of benzene rings is 1. The molecule has 88 valence electrons. The largest absolute Gasteiger partial charge is 0.486 e. The van der Waals surface area contributed by atoms with E-state index in [0.717, 1.165) is 25.7 Å². The van der Waals surface area contributed by atoms with E-state index in [1.54, 1.807) is 18.2 Å². The lowest BCUT2D eigenvalue weighted by atomic mass is 9.95. The van der Waals surface area contributed by atoms with Gasteiger partial charge in [-0.15, -0.1) is 0 Å². The van der Waals surface area contributed by atoms with E-state index in [4.69, 9.17) is 27.9 Å². The van der Waals surface area contributed by atoms with Crippen LogP contribution in [0.2, 0.25) is 10.0 Å². The second-order valence-corrected chi connectivity index (χ2v) is 4.85. The Kier molecular flexibility index (Phi) is 3.95. The number of aliphatic hydroxyl groups excluding tert-OH is 1. The van der Waals surface area contributed by atoms with Gasteiger partial charge >= 0.3 is 0 Å². The molecule has 1 aliphatic rings. The van der Waals surface area contributed by atoms with Gasteiger partial charge in [-0.1, -0.05) is 35.7 Å². The number of aliphatic hydroxyl groups is 1. The van der Waals surface area contributed by atoms with Crippen molar-refractivity contribution < 1.29 is 9.84 Å². The minimum atomic E-state index is -0.399. The van der Waals surface area contributed by atoms with Gasteiger partial charge < -0.3 is 9.84 Å². The zero-order valence-corrected chi connectivity index (χ0v) is 10.3. The molecule has 0 spiro atoms. The summed E-state index contributed by atoms with van der Waals surface area (Å²) < 4.78 is 5.71. The molecule has 0 aromatic heterocycles. The summed E-state index contributed by atoms with van der Waals surface area (Å²) in [6.45, 7) is 0. The SMILES string of the molecule is O[C@H]1CCCC[C@@H]1Oc1cccc(Cl)c1Cl. The van der Waals surface area contributed by atoms with Gasteiger partial charge in [0, 0.05) is 0 Å². The maximum atomic E-state index is 9.79. The third-order valence-corrected chi connectivity index (χ3v) is 3.66. The molecule has 0 unspecified atom stereocenters. The number of rotatable bonds is 2. The Balaban J connectivity index is 2.10. The first-order valence-corrected chi connectivity index (χ1v) is 6.23. The van der Waals surface area contributed by atoms with Crippen molar-refractivity contribution in [1.29, 1.82) is 0 Å². The predicted molar refractivity (Wildman–Crippen MR) is 65.4 cm³/mol. The Hall–Kier alpha value is -0.440. The van der Waals surface area contributed by atoms with Gasteiger partial charge in [-0.2, -0.15) is 0 Å². The first-order valence-electron chi connectivity index (χ1n) is 5.47. The van der Waals surface area contributed by atoms with Crippen LogP contribution < -0.4 is 4.74 Å². The van der Waals surface area contributed by atoms with Crippen LogP contribution in [-0.4, -0.2) is 17.3 Å². The topological polar surface area (TPSA) is 29.5 Å². The maximum absolute atomic E-state index is 9.79. The predicted octanol–water partition coefficient (Wildman–Crippen LogP) is 3.68.